The van der Waals surface area contributed by atoms with E-state index in [1.54, 1.807) is 31.6 Å². The van der Waals surface area contributed by atoms with Crippen LogP contribution in [0.3, 0.4) is 0 Å². The number of aromatic nitrogens is 4. The molecule has 8 nitrogen and oxygen atoms in total. The maximum atomic E-state index is 12.3. The Hall–Kier alpha value is -2.48. The molecule has 23 heavy (non-hydrogen) atoms. The molecular weight excluding hydrogens is 296 g/mol. The van der Waals surface area contributed by atoms with Crippen LogP contribution in [-0.2, 0) is 0 Å². The minimum Gasteiger partial charge on any atom is -0.386 e. The van der Waals surface area contributed by atoms with Gasteiger partial charge in [0.05, 0.1) is 18.7 Å². The Balaban J connectivity index is 1.67. The number of piperidine rings is 1. The van der Waals surface area contributed by atoms with Crippen molar-refractivity contribution in [2.24, 2.45) is 0 Å². The molecule has 3 heterocycles. The third-order valence-corrected chi connectivity index (χ3v) is 4.00. The number of carbonyl (C=O) groups is 1. The molecular formula is C15H20N6O2. The highest BCUT2D eigenvalue weighted by Crippen LogP contribution is 2.24. The zero-order valence-corrected chi connectivity index (χ0v) is 13.0. The van der Waals surface area contributed by atoms with Crippen LogP contribution in [0.2, 0.25) is 0 Å². The van der Waals surface area contributed by atoms with Gasteiger partial charge in [0.2, 0.25) is 5.95 Å². The van der Waals surface area contributed by atoms with Crippen molar-refractivity contribution in [2.75, 3.05) is 31.6 Å². The number of nitrogens with one attached hydrogen (secondary N) is 1. The quantitative estimate of drug-likeness (QED) is 0.842. The summed E-state index contributed by atoms with van der Waals surface area (Å²) in [6.07, 6.45) is 6.36. The van der Waals surface area contributed by atoms with Gasteiger partial charge < -0.3 is 14.9 Å². The molecule has 0 saturated carbocycles. The van der Waals surface area contributed by atoms with Gasteiger partial charge in [-0.2, -0.15) is 5.10 Å². The van der Waals surface area contributed by atoms with Crippen LogP contribution in [0.1, 0.15) is 23.3 Å². The number of likely N-dealkylation sites (N-methyl/N-ethyl adjacent to an activating group) is 1. The minimum absolute atomic E-state index is 0.191. The van der Waals surface area contributed by atoms with Crippen LogP contribution in [0, 0.1) is 0 Å². The lowest BCUT2D eigenvalue weighted by Crippen LogP contribution is -2.55. The van der Waals surface area contributed by atoms with E-state index in [4.69, 9.17) is 0 Å². The first kappa shape index (κ1) is 15.4. The summed E-state index contributed by atoms with van der Waals surface area (Å²) >= 11 is 0. The lowest BCUT2D eigenvalue weighted by atomic mass is 9.92. The van der Waals surface area contributed by atoms with E-state index in [-0.39, 0.29) is 12.5 Å². The summed E-state index contributed by atoms with van der Waals surface area (Å²) in [6, 6.07) is 3.38. The number of nitrogens with zero attached hydrogens (tertiary/aromatic N) is 5. The van der Waals surface area contributed by atoms with E-state index in [0.717, 1.165) is 13.0 Å². The van der Waals surface area contributed by atoms with Crippen LogP contribution < -0.4 is 4.90 Å². The van der Waals surface area contributed by atoms with Crippen molar-refractivity contribution < 1.29 is 9.90 Å². The molecule has 1 aliphatic heterocycles. The topological polar surface area (TPSA) is 98.2 Å². The first-order chi connectivity index (χ1) is 11.1. The van der Waals surface area contributed by atoms with Crippen molar-refractivity contribution in [3.05, 3.63) is 36.4 Å². The summed E-state index contributed by atoms with van der Waals surface area (Å²) in [5.74, 6) is 0.414. The highest BCUT2D eigenvalue weighted by Gasteiger charge is 2.36. The van der Waals surface area contributed by atoms with E-state index in [0.29, 0.717) is 24.6 Å². The van der Waals surface area contributed by atoms with Crippen molar-refractivity contribution in [2.45, 2.75) is 18.4 Å². The summed E-state index contributed by atoms with van der Waals surface area (Å²) in [5.41, 5.74) is -0.572. The molecule has 0 spiro atoms. The average Bonchev–Trinajstić information content (AvgIpc) is 3.09. The maximum absolute atomic E-state index is 12.3. The van der Waals surface area contributed by atoms with Gasteiger partial charge in [-0.05, 0) is 25.0 Å². The first-order valence-electron chi connectivity index (χ1n) is 7.57. The average molecular weight is 316 g/mol. The molecule has 3 rings (SSSR count). The van der Waals surface area contributed by atoms with Crippen LogP contribution in [0.25, 0.3) is 0 Å². The number of rotatable bonds is 4. The number of carbonyl (C=O) groups excluding carboxylic acids is 1. The fraction of sp³-hybridized carbons (Fsp3) is 0.467. The predicted molar refractivity (Wildman–Crippen MR) is 84.0 cm³/mol. The summed E-state index contributed by atoms with van der Waals surface area (Å²) in [4.78, 5) is 24.2. The molecule has 2 aromatic heterocycles. The third kappa shape index (κ3) is 3.48. The highest BCUT2D eigenvalue weighted by molar-refractivity contribution is 5.92. The lowest BCUT2D eigenvalue weighted by molar-refractivity contribution is -0.000441. The Morgan fingerprint density at radius 1 is 1.43 bits per heavy atom. The standard InChI is InChI=1S/C15H20N6O2/c1-20(13(22)12-4-8-18-19-12)10-15(23)5-2-9-21(11-15)14-16-6-3-7-17-14/h3-4,6-8,23H,2,5,9-11H2,1H3,(H,18,19). The van der Waals surface area contributed by atoms with Gasteiger partial charge in [-0.25, -0.2) is 9.97 Å². The molecule has 0 aliphatic carbocycles. The molecule has 1 amide bonds. The first-order valence-corrected chi connectivity index (χ1v) is 7.57. The number of hydrogen-bond donors (Lipinski definition) is 2. The molecule has 8 heteroatoms. The Morgan fingerprint density at radius 3 is 2.91 bits per heavy atom. The zero-order valence-electron chi connectivity index (χ0n) is 13.0. The van der Waals surface area contributed by atoms with E-state index >= 15 is 0 Å². The molecule has 0 aromatic carbocycles. The fourth-order valence-electron chi connectivity index (χ4n) is 2.96. The summed E-state index contributed by atoms with van der Waals surface area (Å²) in [5, 5.41) is 17.3. The molecule has 2 N–H and O–H groups in total. The molecule has 122 valence electrons. The molecule has 1 atom stereocenters. The monoisotopic (exact) mass is 316 g/mol. The van der Waals surface area contributed by atoms with Gasteiger partial charge in [0.25, 0.3) is 5.91 Å². The Labute approximate surface area is 134 Å². The van der Waals surface area contributed by atoms with Gasteiger partial charge in [0, 0.05) is 32.2 Å². The number of aliphatic hydroxyl groups is 1. The number of amides is 1. The van der Waals surface area contributed by atoms with Gasteiger partial charge in [0.15, 0.2) is 0 Å². The molecule has 1 aliphatic rings. The number of H-pyrrole nitrogens is 1. The van der Waals surface area contributed by atoms with Gasteiger partial charge >= 0.3 is 0 Å². The minimum atomic E-state index is -0.984. The van der Waals surface area contributed by atoms with E-state index in [9.17, 15) is 9.90 Å². The normalized spacial score (nSPS) is 21.2. The second-order valence-electron chi connectivity index (χ2n) is 5.93. The zero-order chi connectivity index (χ0) is 16.3. The van der Waals surface area contributed by atoms with Gasteiger partial charge in [0.1, 0.15) is 5.69 Å². The Morgan fingerprint density at radius 2 is 2.22 bits per heavy atom. The highest BCUT2D eigenvalue weighted by atomic mass is 16.3. The van der Waals surface area contributed by atoms with Gasteiger partial charge in [-0.15, -0.1) is 0 Å². The summed E-state index contributed by atoms with van der Waals surface area (Å²) in [7, 11) is 1.68. The predicted octanol–water partition coefficient (Wildman–Crippen LogP) is 0.303. The van der Waals surface area contributed by atoms with Crippen LogP contribution in [0.5, 0.6) is 0 Å². The van der Waals surface area contributed by atoms with Crippen LogP contribution in [0.15, 0.2) is 30.7 Å². The maximum Gasteiger partial charge on any atom is 0.271 e. The molecule has 1 saturated heterocycles. The SMILES string of the molecule is CN(CC1(O)CCCN(c2ncccn2)C1)C(=O)c1ccn[nH]1. The molecule has 0 bridgehead atoms. The van der Waals surface area contributed by atoms with Gasteiger partial charge in [-0.3, -0.25) is 9.89 Å². The Kier molecular flexibility index (Phi) is 4.24. The number of aromatic amines is 1. The largest absolute Gasteiger partial charge is 0.386 e. The van der Waals surface area contributed by atoms with E-state index in [1.165, 1.54) is 11.1 Å². The van der Waals surface area contributed by atoms with Crippen molar-refractivity contribution in [1.82, 2.24) is 25.1 Å². The molecule has 2 aromatic rings. The molecule has 1 unspecified atom stereocenters. The van der Waals surface area contributed by atoms with Crippen molar-refractivity contribution in [1.29, 1.82) is 0 Å². The van der Waals surface area contributed by atoms with E-state index in [1.807, 2.05) is 4.90 Å². The fourth-order valence-corrected chi connectivity index (χ4v) is 2.96. The van der Waals surface area contributed by atoms with E-state index in [2.05, 4.69) is 20.2 Å². The van der Waals surface area contributed by atoms with Crippen molar-refractivity contribution in [3.63, 3.8) is 0 Å². The molecule has 0 radical (unpaired) electrons. The van der Waals surface area contributed by atoms with Crippen LogP contribution >= 0.6 is 0 Å². The summed E-state index contributed by atoms with van der Waals surface area (Å²) in [6.45, 7) is 1.44. The van der Waals surface area contributed by atoms with Crippen molar-refractivity contribution >= 4 is 11.9 Å². The number of anilines is 1. The Bertz CT molecular complexity index is 647. The third-order valence-electron chi connectivity index (χ3n) is 4.00. The van der Waals surface area contributed by atoms with Crippen LogP contribution in [-0.4, -0.2) is 68.4 Å². The second kappa shape index (κ2) is 6.33. The van der Waals surface area contributed by atoms with Crippen molar-refractivity contribution in [3.8, 4) is 0 Å². The number of β-amino-alcohol motifs (C(OH)–C–C–N with tert-alkyl or cyclic N) is 1. The lowest BCUT2D eigenvalue weighted by Gasteiger charge is -2.41. The number of hydrogen-bond acceptors (Lipinski definition) is 6. The van der Waals surface area contributed by atoms with E-state index < -0.39 is 5.60 Å². The second-order valence-corrected chi connectivity index (χ2v) is 5.93. The smallest absolute Gasteiger partial charge is 0.271 e. The molecule has 1 fully saturated rings. The summed E-state index contributed by atoms with van der Waals surface area (Å²) < 4.78 is 0. The van der Waals surface area contributed by atoms with Crippen LogP contribution in [0.4, 0.5) is 5.95 Å². The van der Waals surface area contributed by atoms with Gasteiger partial charge in [-0.1, -0.05) is 0 Å².